The van der Waals surface area contributed by atoms with Gasteiger partial charge in [0.05, 0.1) is 19.3 Å². The smallest absolute Gasteiger partial charge is 0.274 e. The molecule has 0 saturated carbocycles. The number of ether oxygens (including phenoxy) is 1. The molecular weight excluding hydrogens is 423 g/mol. The van der Waals surface area contributed by atoms with E-state index in [1.807, 2.05) is 24.3 Å². The van der Waals surface area contributed by atoms with Gasteiger partial charge in [-0.15, -0.1) is 0 Å². The van der Waals surface area contributed by atoms with Gasteiger partial charge in [-0.2, -0.15) is 0 Å². The summed E-state index contributed by atoms with van der Waals surface area (Å²) in [5.74, 6) is -0.841. The number of benzene rings is 2. The lowest BCUT2D eigenvalue weighted by Gasteiger charge is -2.43. The molecule has 8 heteroatoms. The van der Waals surface area contributed by atoms with E-state index < -0.39 is 5.60 Å². The maximum absolute atomic E-state index is 13.5. The number of hydrogen-bond acceptors (Lipinski definition) is 5. The van der Waals surface area contributed by atoms with Gasteiger partial charge in [0.1, 0.15) is 11.5 Å². The lowest BCUT2D eigenvalue weighted by Crippen LogP contribution is -2.61. The van der Waals surface area contributed by atoms with Crippen molar-refractivity contribution in [2.45, 2.75) is 12.0 Å². The van der Waals surface area contributed by atoms with Gasteiger partial charge in [0.25, 0.3) is 11.8 Å². The Labute approximate surface area is 191 Å². The van der Waals surface area contributed by atoms with Gasteiger partial charge in [-0.05, 0) is 28.8 Å². The predicted molar refractivity (Wildman–Crippen MR) is 121 cm³/mol. The molecule has 1 atom stereocenters. The molecule has 1 saturated heterocycles. The van der Waals surface area contributed by atoms with Crippen LogP contribution in [0.4, 0.5) is 4.39 Å². The Morgan fingerprint density at radius 1 is 1.12 bits per heavy atom. The SMILES string of the molecule is CN(C)C(=O)C1(Cc2ccccc2-c2ccc(F)cc2)CN(C(=O)c2cnccn2)CCO1. The second-order valence-electron chi connectivity index (χ2n) is 8.20. The van der Waals surface area contributed by atoms with E-state index in [1.54, 1.807) is 31.1 Å². The van der Waals surface area contributed by atoms with Crippen LogP contribution in [0.5, 0.6) is 0 Å². The van der Waals surface area contributed by atoms with Gasteiger partial charge < -0.3 is 14.5 Å². The minimum absolute atomic E-state index is 0.0805. The Morgan fingerprint density at radius 3 is 2.58 bits per heavy atom. The molecule has 1 aliphatic rings. The molecule has 1 fully saturated rings. The minimum Gasteiger partial charge on any atom is -0.361 e. The molecule has 2 aromatic carbocycles. The van der Waals surface area contributed by atoms with E-state index in [1.165, 1.54) is 35.6 Å². The zero-order valence-corrected chi connectivity index (χ0v) is 18.6. The molecule has 4 rings (SSSR count). The largest absolute Gasteiger partial charge is 0.361 e. The molecule has 2 heterocycles. The van der Waals surface area contributed by atoms with Crippen molar-refractivity contribution in [3.05, 3.63) is 84.2 Å². The van der Waals surface area contributed by atoms with Crippen LogP contribution in [0, 0.1) is 5.82 Å². The zero-order valence-electron chi connectivity index (χ0n) is 18.6. The topological polar surface area (TPSA) is 75.6 Å². The number of hydrogen-bond donors (Lipinski definition) is 0. The summed E-state index contributed by atoms with van der Waals surface area (Å²) in [5, 5.41) is 0. The van der Waals surface area contributed by atoms with Gasteiger partial charge in [-0.3, -0.25) is 14.6 Å². The van der Waals surface area contributed by atoms with Gasteiger partial charge in [-0.25, -0.2) is 9.37 Å². The van der Waals surface area contributed by atoms with Gasteiger partial charge in [-0.1, -0.05) is 36.4 Å². The number of halogens is 1. The van der Waals surface area contributed by atoms with Gasteiger partial charge in [0.15, 0.2) is 5.60 Å². The fourth-order valence-corrected chi connectivity index (χ4v) is 4.14. The van der Waals surface area contributed by atoms with Crippen molar-refractivity contribution in [2.24, 2.45) is 0 Å². The maximum Gasteiger partial charge on any atom is 0.274 e. The van der Waals surface area contributed by atoms with Crippen LogP contribution in [0.15, 0.2) is 67.1 Å². The normalized spacial score (nSPS) is 18.1. The average Bonchev–Trinajstić information content (AvgIpc) is 2.84. The van der Waals surface area contributed by atoms with Crippen LogP contribution in [0.3, 0.4) is 0 Å². The first-order valence-electron chi connectivity index (χ1n) is 10.6. The molecule has 0 aliphatic carbocycles. The van der Waals surface area contributed by atoms with E-state index >= 15 is 0 Å². The van der Waals surface area contributed by atoms with E-state index in [0.29, 0.717) is 6.54 Å². The third-order valence-electron chi connectivity index (χ3n) is 5.70. The molecule has 3 aromatic rings. The third-order valence-corrected chi connectivity index (χ3v) is 5.70. The van der Waals surface area contributed by atoms with Crippen LogP contribution in [-0.4, -0.2) is 71.0 Å². The highest BCUT2D eigenvalue weighted by Crippen LogP contribution is 2.31. The summed E-state index contributed by atoms with van der Waals surface area (Å²) in [6, 6.07) is 13.9. The summed E-state index contributed by atoms with van der Waals surface area (Å²) < 4.78 is 19.6. The van der Waals surface area contributed by atoms with Crippen LogP contribution < -0.4 is 0 Å². The summed E-state index contributed by atoms with van der Waals surface area (Å²) in [6.45, 7) is 0.638. The molecule has 1 aromatic heterocycles. The van der Waals surface area contributed by atoms with Crippen LogP contribution in [0.1, 0.15) is 16.1 Å². The number of amides is 2. The first kappa shape index (κ1) is 22.5. The fraction of sp³-hybridized carbons (Fsp3) is 0.280. The lowest BCUT2D eigenvalue weighted by atomic mass is 9.87. The van der Waals surface area contributed by atoms with E-state index in [2.05, 4.69) is 9.97 Å². The predicted octanol–water partition coefficient (Wildman–Crippen LogP) is 2.82. The van der Waals surface area contributed by atoms with Crippen molar-refractivity contribution >= 4 is 11.8 Å². The molecular formula is C25H25FN4O3. The third kappa shape index (κ3) is 4.75. The van der Waals surface area contributed by atoms with Gasteiger partial charge in [0, 0.05) is 39.5 Å². The summed E-state index contributed by atoms with van der Waals surface area (Å²) in [6.07, 6.45) is 4.63. The average molecular weight is 448 g/mol. The summed E-state index contributed by atoms with van der Waals surface area (Å²) in [5.41, 5.74) is 1.54. The van der Waals surface area contributed by atoms with E-state index in [4.69, 9.17) is 4.74 Å². The van der Waals surface area contributed by atoms with E-state index in [0.717, 1.165) is 16.7 Å². The number of morpholine rings is 1. The molecule has 2 amide bonds. The monoisotopic (exact) mass is 448 g/mol. The highest BCUT2D eigenvalue weighted by atomic mass is 19.1. The molecule has 1 aliphatic heterocycles. The first-order chi connectivity index (χ1) is 15.9. The number of likely N-dealkylation sites (N-methyl/N-ethyl adjacent to an activating group) is 1. The van der Waals surface area contributed by atoms with E-state index in [-0.39, 0.29) is 42.9 Å². The van der Waals surface area contributed by atoms with Crippen molar-refractivity contribution in [1.29, 1.82) is 0 Å². The Bertz CT molecular complexity index is 1140. The molecule has 7 nitrogen and oxygen atoms in total. The van der Waals surface area contributed by atoms with Gasteiger partial charge in [0.2, 0.25) is 0 Å². The molecule has 170 valence electrons. The fourth-order valence-electron chi connectivity index (χ4n) is 4.14. The number of rotatable bonds is 5. The van der Waals surface area contributed by atoms with Crippen LogP contribution >= 0.6 is 0 Å². The number of carbonyl (C=O) groups is 2. The van der Waals surface area contributed by atoms with Crippen LogP contribution in [0.2, 0.25) is 0 Å². The maximum atomic E-state index is 13.5. The lowest BCUT2D eigenvalue weighted by molar-refractivity contribution is -0.165. The molecule has 0 spiro atoms. The first-order valence-corrected chi connectivity index (χ1v) is 10.6. The summed E-state index contributed by atoms with van der Waals surface area (Å²) in [7, 11) is 3.34. The van der Waals surface area contributed by atoms with Crippen LogP contribution in [0.25, 0.3) is 11.1 Å². The Balaban J connectivity index is 1.70. The quantitative estimate of drug-likeness (QED) is 0.600. The van der Waals surface area contributed by atoms with Crippen LogP contribution in [-0.2, 0) is 16.0 Å². The highest BCUT2D eigenvalue weighted by molar-refractivity contribution is 5.93. The Morgan fingerprint density at radius 2 is 1.88 bits per heavy atom. The molecule has 0 radical (unpaired) electrons. The molecule has 1 unspecified atom stereocenters. The van der Waals surface area contributed by atoms with Crippen molar-refractivity contribution < 1.29 is 18.7 Å². The molecule has 0 N–H and O–H groups in total. The summed E-state index contributed by atoms with van der Waals surface area (Å²) >= 11 is 0. The number of aromatic nitrogens is 2. The number of nitrogens with zero attached hydrogens (tertiary/aromatic N) is 4. The molecule has 33 heavy (non-hydrogen) atoms. The van der Waals surface area contributed by atoms with Crippen molar-refractivity contribution in [3.63, 3.8) is 0 Å². The van der Waals surface area contributed by atoms with Crippen molar-refractivity contribution in [2.75, 3.05) is 33.8 Å². The molecule has 0 bridgehead atoms. The minimum atomic E-state index is -1.27. The van der Waals surface area contributed by atoms with E-state index in [9.17, 15) is 14.0 Å². The Kier molecular flexibility index (Phi) is 6.46. The standard InChI is InChI=1S/C25H25FN4O3/c1-29(2)24(32)25(17-30(13-14-33-25)23(31)22-16-27-11-12-28-22)15-19-5-3-4-6-21(19)18-7-9-20(26)10-8-18/h3-12,16H,13-15,17H2,1-2H3. The number of carbonyl (C=O) groups excluding carboxylic acids is 2. The van der Waals surface area contributed by atoms with Crippen molar-refractivity contribution in [1.82, 2.24) is 19.8 Å². The Hall–Kier alpha value is -3.65. The highest BCUT2D eigenvalue weighted by Gasteiger charge is 2.46. The van der Waals surface area contributed by atoms with Gasteiger partial charge >= 0.3 is 0 Å². The zero-order chi connectivity index (χ0) is 23.4. The summed E-state index contributed by atoms with van der Waals surface area (Å²) in [4.78, 5) is 37.6. The second-order valence-corrected chi connectivity index (χ2v) is 8.20. The second kappa shape index (κ2) is 9.46. The van der Waals surface area contributed by atoms with Crippen molar-refractivity contribution in [3.8, 4) is 11.1 Å².